The molecular weight excluding hydrogens is 628 g/mol. The van der Waals surface area contributed by atoms with Gasteiger partial charge in [0, 0.05) is 7.05 Å². The molecule has 0 radical (unpaired) electrons. The van der Waals surface area contributed by atoms with Gasteiger partial charge in [-0.2, -0.15) is 8.42 Å². The average molecular weight is 652 g/mol. The summed E-state index contributed by atoms with van der Waals surface area (Å²) in [6.07, 6.45) is -4.83. The first kappa shape index (κ1) is 28.0. The molecule has 12 nitrogen and oxygen atoms in total. The van der Waals surface area contributed by atoms with Crippen LogP contribution in [0.4, 0.5) is 9.59 Å². The van der Waals surface area contributed by atoms with Gasteiger partial charge in [-0.15, -0.1) is 9.35 Å². The summed E-state index contributed by atoms with van der Waals surface area (Å²) >= 11 is 6.69. The highest BCUT2D eigenvalue weighted by atomic mass is 79.9. The first-order chi connectivity index (χ1) is 16.9. The van der Waals surface area contributed by atoms with E-state index in [1.807, 2.05) is 0 Å². The van der Waals surface area contributed by atoms with Crippen LogP contribution in [0.2, 0.25) is 0 Å². The van der Waals surface area contributed by atoms with Gasteiger partial charge in [-0.1, -0.05) is 17.7 Å². The normalized spacial score (nSPS) is 17.4. The molecule has 1 aromatic carbocycles. The van der Waals surface area contributed by atoms with E-state index >= 15 is 0 Å². The van der Waals surface area contributed by atoms with Gasteiger partial charge in [0.1, 0.15) is 10.3 Å². The molecule has 0 fully saturated rings. The quantitative estimate of drug-likeness (QED) is 0.447. The molecule has 1 N–H and O–H groups in total. The Balaban J connectivity index is 2.15. The Morgan fingerprint density at radius 1 is 1.11 bits per heavy atom. The smallest absolute Gasteiger partial charge is 0.437 e. The summed E-state index contributed by atoms with van der Waals surface area (Å²) in [6, 6.07) is 7.27. The number of rotatable bonds is 7. The first-order valence-corrected chi connectivity index (χ1v) is 13.7. The lowest BCUT2D eigenvalue weighted by Crippen LogP contribution is -2.62. The van der Waals surface area contributed by atoms with E-state index in [0.29, 0.717) is 14.1 Å². The number of nitrogens with one attached hydrogen (secondary N) is 1. The van der Waals surface area contributed by atoms with Gasteiger partial charge >= 0.3 is 22.3 Å². The third kappa shape index (κ3) is 5.53. The molecule has 196 valence electrons. The SMILES string of the molecule is CCOC(=O)N[C@@H]1[C@H](N(OS(=O)(=O)c2ccc(C)cc2)C(=O)OCC)N(C)C(=O)c2cc(Br)c(Br)n21. The largest absolute Gasteiger partial charge is 0.450 e. The van der Waals surface area contributed by atoms with Crippen molar-refractivity contribution in [3.63, 3.8) is 0 Å². The number of hydroxylamine groups is 2. The van der Waals surface area contributed by atoms with Crippen LogP contribution in [0.1, 0.15) is 36.1 Å². The number of carbonyl (C=O) groups is 3. The summed E-state index contributed by atoms with van der Waals surface area (Å²) in [5, 5.41) is 2.99. The number of nitrogens with zero attached hydrogens (tertiary/aromatic N) is 3. The van der Waals surface area contributed by atoms with Gasteiger partial charge in [0.05, 0.1) is 22.6 Å². The molecule has 2 atom stereocenters. The highest BCUT2D eigenvalue weighted by Gasteiger charge is 2.48. The highest BCUT2D eigenvalue weighted by molar-refractivity contribution is 9.13. The maximum absolute atomic E-state index is 13.2. The van der Waals surface area contributed by atoms with Crippen molar-refractivity contribution in [1.82, 2.24) is 19.8 Å². The summed E-state index contributed by atoms with van der Waals surface area (Å²) in [4.78, 5) is 39.6. The second-order valence-electron chi connectivity index (χ2n) is 7.54. The van der Waals surface area contributed by atoms with Gasteiger partial charge in [-0.3, -0.25) is 10.1 Å². The number of aryl methyl sites for hydroxylation is 1. The first-order valence-electron chi connectivity index (χ1n) is 10.7. The molecule has 36 heavy (non-hydrogen) atoms. The second kappa shape index (κ2) is 11.2. The molecule has 3 amide bonds. The fraction of sp³-hybridized carbons (Fsp3) is 0.381. The van der Waals surface area contributed by atoms with Crippen molar-refractivity contribution in [2.75, 3.05) is 20.3 Å². The fourth-order valence-corrected chi connectivity index (χ4v) is 5.34. The number of ether oxygens (including phenoxy) is 2. The Kier molecular flexibility index (Phi) is 8.69. The summed E-state index contributed by atoms with van der Waals surface area (Å²) in [5.41, 5.74) is 0.947. The minimum atomic E-state index is -4.56. The number of hydrogen-bond acceptors (Lipinski definition) is 8. The Labute approximate surface area is 224 Å². The number of carbonyl (C=O) groups excluding carboxylic acids is 3. The van der Waals surface area contributed by atoms with Crippen LogP contribution in [0, 0.1) is 6.92 Å². The predicted octanol–water partition coefficient (Wildman–Crippen LogP) is 3.76. The molecule has 3 rings (SSSR count). The van der Waals surface area contributed by atoms with Crippen LogP contribution in [0.3, 0.4) is 0 Å². The number of amides is 3. The monoisotopic (exact) mass is 650 g/mol. The van der Waals surface area contributed by atoms with E-state index < -0.39 is 40.5 Å². The van der Waals surface area contributed by atoms with Crippen molar-refractivity contribution in [3.8, 4) is 0 Å². The van der Waals surface area contributed by atoms with E-state index in [0.717, 1.165) is 10.5 Å². The molecule has 0 saturated carbocycles. The van der Waals surface area contributed by atoms with E-state index in [1.54, 1.807) is 26.0 Å². The maximum Gasteiger partial charge on any atom is 0.437 e. The maximum atomic E-state index is 13.2. The van der Waals surface area contributed by atoms with Crippen molar-refractivity contribution < 1.29 is 36.6 Å². The molecule has 1 aromatic heterocycles. The van der Waals surface area contributed by atoms with Gasteiger partial charge in [0.15, 0.2) is 12.3 Å². The van der Waals surface area contributed by atoms with Gasteiger partial charge in [0.2, 0.25) is 0 Å². The summed E-state index contributed by atoms with van der Waals surface area (Å²) < 4.78 is 43.8. The molecule has 0 aliphatic carbocycles. The zero-order valence-corrected chi connectivity index (χ0v) is 23.7. The van der Waals surface area contributed by atoms with E-state index in [-0.39, 0.29) is 23.8 Å². The lowest BCUT2D eigenvalue weighted by Gasteiger charge is -2.43. The number of fused-ring (bicyclic) bond motifs is 1. The van der Waals surface area contributed by atoms with Crippen molar-refractivity contribution in [2.24, 2.45) is 0 Å². The Morgan fingerprint density at radius 3 is 2.31 bits per heavy atom. The highest BCUT2D eigenvalue weighted by Crippen LogP contribution is 2.37. The molecule has 1 aliphatic rings. The average Bonchev–Trinajstić information content (AvgIpc) is 3.11. The lowest BCUT2D eigenvalue weighted by atomic mass is 10.2. The zero-order chi connectivity index (χ0) is 26.8. The number of likely N-dealkylation sites (N-methyl/N-ethyl adjacent to an activating group) is 1. The van der Waals surface area contributed by atoms with Crippen LogP contribution in [0.5, 0.6) is 0 Å². The van der Waals surface area contributed by atoms with Gasteiger partial charge in [0.25, 0.3) is 5.91 Å². The van der Waals surface area contributed by atoms with Crippen LogP contribution >= 0.6 is 31.9 Å². The Bertz CT molecular complexity index is 1270. The van der Waals surface area contributed by atoms with Crippen LogP contribution in [0.15, 0.2) is 44.3 Å². The fourth-order valence-electron chi connectivity index (χ4n) is 3.49. The number of aromatic nitrogens is 1. The van der Waals surface area contributed by atoms with E-state index in [1.165, 1.54) is 36.7 Å². The molecule has 0 unspecified atom stereocenters. The molecular formula is C21H24Br2N4O8S. The molecule has 0 saturated heterocycles. The van der Waals surface area contributed by atoms with Crippen molar-refractivity contribution in [3.05, 3.63) is 50.7 Å². The molecule has 0 spiro atoms. The van der Waals surface area contributed by atoms with E-state index in [2.05, 4.69) is 37.2 Å². The van der Waals surface area contributed by atoms with Crippen molar-refractivity contribution >= 4 is 60.1 Å². The number of halogens is 2. The Morgan fingerprint density at radius 2 is 1.72 bits per heavy atom. The van der Waals surface area contributed by atoms with Gasteiger partial charge in [-0.25, -0.2) is 9.59 Å². The molecule has 15 heteroatoms. The Hall–Kier alpha value is -2.62. The minimum absolute atomic E-state index is 0.0429. The summed E-state index contributed by atoms with van der Waals surface area (Å²) in [5.74, 6) is -0.584. The topological polar surface area (TPSA) is 136 Å². The standard InChI is InChI=1S/C21H24Br2N4O8S/c1-5-33-20(29)24-17-18(25(4)19(28)15-11-14(22)16(23)26(15)17)27(21(30)34-6-2)35-36(31,32)13-9-7-12(3)8-10-13/h7-11,17-18H,5-6H2,1-4H3,(H,24,29)/t17-,18-/m0/s1. The van der Waals surface area contributed by atoms with Crippen molar-refractivity contribution in [2.45, 2.75) is 38.0 Å². The molecule has 0 bridgehead atoms. The summed E-state index contributed by atoms with van der Waals surface area (Å²) in [6.45, 7) is 4.83. The molecule has 2 heterocycles. The lowest BCUT2D eigenvalue weighted by molar-refractivity contribution is -0.129. The second-order valence-corrected chi connectivity index (χ2v) is 10.7. The van der Waals surface area contributed by atoms with Crippen LogP contribution in [-0.2, 0) is 23.9 Å². The molecule has 1 aliphatic heterocycles. The zero-order valence-electron chi connectivity index (χ0n) is 19.7. The third-order valence-corrected chi connectivity index (χ3v) is 8.30. The van der Waals surface area contributed by atoms with Gasteiger partial charge < -0.3 is 18.9 Å². The minimum Gasteiger partial charge on any atom is -0.450 e. The van der Waals surface area contributed by atoms with E-state index in [4.69, 9.17) is 13.8 Å². The van der Waals surface area contributed by atoms with Gasteiger partial charge in [-0.05, 0) is 70.8 Å². The molecule has 2 aromatic rings. The predicted molar refractivity (Wildman–Crippen MR) is 133 cm³/mol. The number of benzene rings is 1. The number of alkyl carbamates (subject to hydrolysis) is 1. The number of hydrogen-bond donors (Lipinski definition) is 1. The third-order valence-electron chi connectivity index (χ3n) is 5.15. The van der Waals surface area contributed by atoms with Crippen LogP contribution in [0.25, 0.3) is 0 Å². The summed E-state index contributed by atoms with van der Waals surface area (Å²) in [7, 11) is -3.23. The van der Waals surface area contributed by atoms with Crippen molar-refractivity contribution in [1.29, 1.82) is 0 Å². The van der Waals surface area contributed by atoms with E-state index in [9.17, 15) is 22.8 Å². The van der Waals surface area contributed by atoms with Crippen LogP contribution in [-0.4, -0.2) is 67.5 Å². The van der Waals surface area contributed by atoms with Crippen LogP contribution < -0.4 is 5.32 Å².